The van der Waals surface area contributed by atoms with Crippen LogP contribution in [0.4, 0.5) is 5.69 Å². The molecule has 1 fully saturated rings. The van der Waals surface area contributed by atoms with Crippen molar-refractivity contribution in [3.63, 3.8) is 0 Å². The molecule has 1 aliphatic heterocycles. The van der Waals surface area contributed by atoms with Crippen LogP contribution < -0.4 is 15.0 Å². The van der Waals surface area contributed by atoms with Crippen LogP contribution in [0.25, 0.3) is 9.88 Å². The van der Waals surface area contributed by atoms with Crippen molar-refractivity contribution in [2.45, 2.75) is 18.9 Å². The average Bonchev–Trinajstić information content (AvgIpc) is 3.43. The fraction of sp³-hybridized carbons (Fsp3) is 0.300. The topological polar surface area (TPSA) is 54.5 Å². The first-order chi connectivity index (χ1) is 13.6. The molecular formula is C20H20ClN3O2S2. The molecule has 0 bridgehead atoms. The van der Waals surface area contributed by atoms with E-state index >= 15 is 0 Å². The van der Waals surface area contributed by atoms with Gasteiger partial charge in [-0.3, -0.25) is 4.79 Å². The molecule has 1 aliphatic rings. The minimum absolute atomic E-state index is 0.00735. The summed E-state index contributed by atoms with van der Waals surface area (Å²) < 4.78 is 5.45. The van der Waals surface area contributed by atoms with Gasteiger partial charge in [0.1, 0.15) is 10.8 Å². The summed E-state index contributed by atoms with van der Waals surface area (Å²) in [6.45, 7) is 1.58. The highest BCUT2D eigenvalue weighted by Crippen LogP contribution is 2.33. The molecule has 0 aliphatic carbocycles. The molecule has 146 valence electrons. The maximum atomic E-state index is 12.5. The Morgan fingerprint density at radius 1 is 1.39 bits per heavy atom. The molecule has 0 saturated carbocycles. The van der Waals surface area contributed by atoms with Gasteiger partial charge in [-0.05, 0) is 36.1 Å². The number of carbonyl (C=O) groups is 1. The summed E-state index contributed by atoms with van der Waals surface area (Å²) in [6.07, 6.45) is 1.19. The minimum Gasteiger partial charge on any atom is -0.495 e. The van der Waals surface area contributed by atoms with E-state index in [1.807, 2.05) is 41.1 Å². The first kappa shape index (κ1) is 19.2. The molecular weight excluding hydrogens is 414 g/mol. The molecule has 1 unspecified atom stereocenters. The third-order valence-corrected chi connectivity index (χ3v) is 6.83. The number of thiazole rings is 1. The van der Waals surface area contributed by atoms with Crippen LogP contribution in [-0.2, 0) is 11.2 Å². The lowest BCUT2D eigenvalue weighted by atomic mass is 10.2. The Labute approximate surface area is 176 Å². The van der Waals surface area contributed by atoms with Crippen molar-refractivity contribution in [2.24, 2.45) is 0 Å². The van der Waals surface area contributed by atoms with Gasteiger partial charge in [0.05, 0.1) is 29.8 Å². The molecule has 1 atom stereocenters. The summed E-state index contributed by atoms with van der Waals surface area (Å²) in [6, 6.07) is 9.76. The Balaban J connectivity index is 1.34. The third kappa shape index (κ3) is 4.32. The van der Waals surface area contributed by atoms with Crippen molar-refractivity contribution in [1.29, 1.82) is 0 Å². The monoisotopic (exact) mass is 433 g/mol. The zero-order valence-corrected chi connectivity index (χ0v) is 17.7. The number of aromatic nitrogens is 1. The predicted molar refractivity (Wildman–Crippen MR) is 116 cm³/mol. The third-order valence-electron chi connectivity index (χ3n) is 4.66. The molecule has 5 nitrogen and oxygen atoms in total. The van der Waals surface area contributed by atoms with E-state index in [0.717, 1.165) is 46.5 Å². The smallest absolute Gasteiger partial charge is 0.226 e. The van der Waals surface area contributed by atoms with Gasteiger partial charge >= 0.3 is 0 Å². The van der Waals surface area contributed by atoms with Crippen LogP contribution in [0, 0.1) is 0 Å². The van der Waals surface area contributed by atoms with Crippen molar-refractivity contribution < 1.29 is 9.53 Å². The first-order valence-corrected chi connectivity index (χ1v) is 11.1. The second-order valence-electron chi connectivity index (χ2n) is 6.61. The van der Waals surface area contributed by atoms with Gasteiger partial charge in [-0.2, -0.15) is 0 Å². The fourth-order valence-electron chi connectivity index (χ4n) is 3.35. The highest BCUT2D eigenvalue weighted by atomic mass is 35.5. The van der Waals surface area contributed by atoms with Crippen LogP contribution in [0.2, 0.25) is 5.02 Å². The SMILES string of the molecule is COc1ccc(Cl)cc1N1CCC(NC(=O)Cc2csc(-c3cccs3)n2)C1. The Kier molecular flexibility index (Phi) is 5.85. The van der Waals surface area contributed by atoms with Crippen LogP contribution in [0.5, 0.6) is 5.75 Å². The summed E-state index contributed by atoms with van der Waals surface area (Å²) >= 11 is 9.38. The summed E-state index contributed by atoms with van der Waals surface area (Å²) in [4.78, 5) is 20.4. The number of hydrogen-bond acceptors (Lipinski definition) is 6. The molecule has 0 radical (unpaired) electrons. The van der Waals surface area contributed by atoms with E-state index in [1.165, 1.54) is 0 Å². The number of ether oxygens (including phenoxy) is 1. The van der Waals surface area contributed by atoms with E-state index in [2.05, 4.69) is 15.2 Å². The van der Waals surface area contributed by atoms with Crippen molar-refractivity contribution in [3.8, 4) is 15.6 Å². The fourth-order valence-corrected chi connectivity index (χ4v) is 5.15. The molecule has 1 N–H and O–H groups in total. The number of carbonyl (C=O) groups excluding carboxylic acids is 1. The van der Waals surface area contributed by atoms with Crippen molar-refractivity contribution in [3.05, 3.63) is 51.8 Å². The molecule has 28 heavy (non-hydrogen) atoms. The van der Waals surface area contributed by atoms with Gasteiger partial charge in [-0.15, -0.1) is 22.7 Å². The summed E-state index contributed by atoms with van der Waals surface area (Å²) in [5.41, 5.74) is 1.78. The summed E-state index contributed by atoms with van der Waals surface area (Å²) in [7, 11) is 1.65. The number of benzene rings is 1. The molecule has 2 aromatic heterocycles. The Morgan fingerprint density at radius 2 is 2.29 bits per heavy atom. The maximum Gasteiger partial charge on any atom is 0.226 e. The largest absolute Gasteiger partial charge is 0.495 e. The molecule has 1 amide bonds. The first-order valence-electron chi connectivity index (χ1n) is 8.98. The Bertz CT molecular complexity index is 958. The molecule has 4 rings (SSSR count). The maximum absolute atomic E-state index is 12.5. The Hall–Kier alpha value is -2.09. The zero-order chi connectivity index (χ0) is 19.5. The second kappa shape index (κ2) is 8.51. The van der Waals surface area contributed by atoms with Crippen molar-refractivity contribution in [1.82, 2.24) is 10.3 Å². The van der Waals surface area contributed by atoms with Crippen LogP contribution in [0.1, 0.15) is 12.1 Å². The Morgan fingerprint density at radius 3 is 3.07 bits per heavy atom. The molecule has 3 aromatic rings. The number of rotatable bonds is 6. The van der Waals surface area contributed by atoms with Gasteiger partial charge < -0.3 is 15.0 Å². The average molecular weight is 434 g/mol. The van der Waals surface area contributed by atoms with E-state index in [0.29, 0.717) is 11.4 Å². The quantitative estimate of drug-likeness (QED) is 0.623. The second-order valence-corrected chi connectivity index (χ2v) is 8.86. The van der Waals surface area contributed by atoms with Crippen molar-refractivity contribution in [2.75, 3.05) is 25.1 Å². The summed E-state index contributed by atoms with van der Waals surface area (Å²) in [5, 5.41) is 8.78. The minimum atomic E-state index is 0.00735. The van der Waals surface area contributed by atoms with E-state index in [9.17, 15) is 4.79 Å². The normalized spacial score (nSPS) is 16.4. The van der Waals surface area contributed by atoms with Gasteiger partial charge in [0.25, 0.3) is 0 Å². The van der Waals surface area contributed by atoms with Crippen LogP contribution in [-0.4, -0.2) is 37.1 Å². The number of nitrogens with one attached hydrogen (secondary N) is 1. The van der Waals surface area contributed by atoms with E-state index < -0.39 is 0 Å². The molecule has 1 saturated heterocycles. The highest BCUT2D eigenvalue weighted by molar-refractivity contribution is 7.20. The van der Waals surface area contributed by atoms with E-state index in [-0.39, 0.29) is 11.9 Å². The van der Waals surface area contributed by atoms with Crippen LogP contribution >= 0.6 is 34.3 Å². The van der Waals surface area contributed by atoms with E-state index in [4.69, 9.17) is 16.3 Å². The lowest BCUT2D eigenvalue weighted by Gasteiger charge is -2.21. The lowest BCUT2D eigenvalue weighted by Crippen LogP contribution is -2.38. The number of halogens is 1. The highest BCUT2D eigenvalue weighted by Gasteiger charge is 2.26. The number of thiophene rings is 1. The van der Waals surface area contributed by atoms with Crippen LogP contribution in [0.3, 0.4) is 0 Å². The van der Waals surface area contributed by atoms with Gasteiger partial charge in [-0.1, -0.05) is 17.7 Å². The number of methoxy groups -OCH3 is 1. The number of amides is 1. The van der Waals surface area contributed by atoms with E-state index in [1.54, 1.807) is 29.8 Å². The number of hydrogen-bond donors (Lipinski definition) is 1. The molecule has 3 heterocycles. The van der Waals surface area contributed by atoms with Gasteiger partial charge in [0.15, 0.2) is 0 Å². The van der Waals surface area contributed by atoms with Crippen LogP contribution in [0.15, 0.2) is 41.1 Å². The summed E-state index contributed by atoms with van der Waals surface area (Å²) in [5.74, 6) is 0.799. The molecule has 8 heteroatoms. The number of nitrogens with zero attached hydrogens (tertiary/aromatic N) is 2. The van der Waals surface area contributed by atoms with Crippen molar-refractivity contribution >= 4 is 45.9 Å². The standard InChI is InChI=1S/C20H20ClN3O2S2/c1-26-17-5-4-13(21)9-16(17)24-7-6-14(11-24)22-19(25)10-15-12-28-20(23-15)18-3-2-8-27-18/h2-5,8-9,12,14H,6-7,10-11H2,1H3,(H,22,25). The lowest BCUT2D eigenvalue weighted by molar-refractivity contribution is -0.121. The van der Waals surface area contributed by atoms with Gasteiger partial charge in [0, 0.05) is 29.5 Å². The zero-order valence-electron chi connectivity index (χ0n) is 15.4. The number of anilines is 1. The molecule has 0 spiro atoms. The predicted octanol–water partition coefficient (Wildman–Crippen LogP) is 4.47. The van der Waals surface area contributed by atoms with Gasteiger partial charge in [-0.25, -0.2) is 4.98 Å². The molecule has 1 aromatic carbocycles. The van der Waals surface area contributed by atoms with Gasteiger partial charge in [0.2, 0.25) is 5.91 Å².